The maximum Gasteiger partial charge on any atom is 0.242 e. The van der Waals surface area contributed by atoms with Crippen molar-refractivity contribution in [2.75, 3.05) is 17.2 Å². The van der Waals surface area contributed by atoms with Gasteiger partial charge in [0, 0.05) is 23.8 Å². The number of rotatable bonds is 7. The molecule has 5 nitrogen and oxygen atoms in total. The lowest BCUT2D eigenvalue weighted by Crippen LogP contribution is -2.37. The Morgan fingerprint density at radius 1 is 1.38 bits per heavy atom. The summed E-state index contributed by atoms with van der Waals surface area (Å²) in [5.74, 6) is 0.150. The van der Waals surface area contributed by atoms with E-state index in [1.165, 1.54) is 0 Å². The number of nitrogens with one attached hydrogen (secondary N) is 3. The summed E-state index contributed by atoms with van der Waals surface area (Å²) in [5.41, 5.74) is 1.54. The second kappa shape index (κ2) is 6.92. The van der Waals surface area contributed by atoms with Crippen LogP contribution in [0.25, 0.3) is 0 Å². The fourth-order valence-electron chi connectivity index (χ4n) is 1.92. The molecule has 0 bridgehead atoms. The van der Waals surface area contributed by atoms with Crippen molar-refractivity contribution in [3.05, 3.63) is 36.9 Å². The van der Waals surface area contributed by atoms with Gasteiger partial charge in [-0.15, -0.1) is 6.58 Å². The van der Waals surface area contributed by atoms with Gasteiger partial charge in [0.25, 0.3) is 0 Å². The van der Waals surface area contributed by atoms with Crippen molar-refractivity contribution in [3.8, 4) is 0 Å². The van der Waals surface area contributed by atoms with Gasteiger partial charge in [-0.3, -0.25) is 9.59 Å². The molecule has 5 heteroatoms. The first-order chi connectivity index (χ1) is 10.1. The molecule has 0 aliphatic heterocycles. The first-order valence-corrected chi connectivity index (χ1v) is 7.16. The third-order valence-electron chi connectivity index (χ3n) is 3.28. The Hall–Kier alpha value is -2.30. The molecule has 2 rings (SSSR count). The second-order valence-corrected chi connectivity index (χ2v) is 5.24. The molecule has 3 N–H and O–H groups in total. The first-order valence-electron chi connectivity index (χ1n) is 7.16. The third kappa shape index (κ3) is 4.63. The van der Waals surface area contributed by atoms with Crippen LogP contribution < -0.4 is 16.0 Å². The van der Waals surface area contributed by atoms with E-state index in [0.29, 0.717) is 6.54 Å². The van der Waals surface area contributed by atoms with Crippen LogP contribution in [0.5, 0.6) is 0 Å². The van der Waals surface area contributed by atoms with E-state index in [-0.39, 0.29) is 23.8 Å². The average Bonchev–Trinajstić information content (AvgIpc) is 3.29. The normalized spacial score (nSPS) is 14.9. The van der Waals surface area contributed by atoms with Crippen LogP contribution >= 0.6 is 0 Å². The maximum atomic E-state index is 11.8. The van der Waals surface area contributed by atoms with E-state index in [4.69, 9.17) is 0 Å². The largest absolute Gasteiger partial charge is 0.374 e. The average molecular weight is 287 g/mol. The van der Waals surface area contributed by atoms with Gasteiger partial charge in [0.15, 0.2) is 0 Å². The number of anilines is 2. The summed E-state index contributed by atoms with van der Waals surface area (Å²) in [6.45, 7) is 5.79. The minimum absolute atomic E-state index is 0.0731. The molecular weight excluding hydrogens is 266 g/mol. The molecule has 0 spiro atoms. The van der Waals surface area contributed by atoms with E-state index in [1.54, 1.807) is 13.0 Å². The molecule has 0 unspecified atom stereocenters. The molecule has 0 heterocycles. The zero-order chi connectivity index (χ0) is 15.2. The smallest absolute Gasteiger partial charge is 0.242 e. The van der Waals surface area contributed by atoms with Crippen LogP contribution in [0.3, 0.4) is 0 Å². The number of carbonyl (C=O) groups is 2. The SMILES string of the molecule is C=CCNC(=O)[C@@H](C)Nc1cccc(NC(=O)C2CC2)c1. The Balaban J connectivity index is 1.91. The van der Waals surface area contributed by atoms with Gasteiger partial charge in [0.2, 0.25) is 11.8 Å². The quantitative estimate of drug-likeness (QED) is 0.673. The molecule has 1 aliphatic carbocycles. The molecule has 0 saturated heterocycles. The van der Waals surface area contributed by atoms with Crippen LogP contribution in [0, 0.1) is 5.92 Å². The van der Waals surface area contributed by atoms with E-state index < -0.39 is 0 Å². The molecule has 0 radical (unpaired) electrons. The van der Waals surface area contributed by atoms with Crippen molar-refractivity contribution < 1.29 is 9.59 Å². The van der Waals surface area contributed by atoms with Gasteiger partial charge in [-0.1, -0.05) is 12.1 Å². The van der Waals surface area contributed by atoms with Crippen LogP contribution in [0.2, 0.25) is 0 Å². The highest BCUT2D eigenvalue weighted by atomic mass is 16.2. The lowest BCUT2D eigenvalue weighted by Gasteiger charge is -2.15. The lowest BCUT2D eigenvalue weighted by molar-refractivity contribution is -0.121. The highest BCUT2D eigenvalue weighted by Crippen LogP contribution is 2.30. The Morgan fingerprint density at radius 3 is 2.76 bits per heavy atom. The van der Waals surface area contributed by atoms with Gasteiger partial charge in [-0.25, -0.2) is 0 Å². The van der Waals surface area contributed by atoms with Crippen LogP contribution in [0.15, 0.2) is 36.9 Å². The number of amides is 2. The van der Waals surface area contributed by atoms with Crippen molar-refractivity contribution in [1.29, 1.82) is 0 Å². The molecule has 1 atom stereocenters. The van der Waals surface area contributed by atoms with Crippen molar-refractivity contribution in [1.82, 2.24) is 5.32 Å². The number of benzene rings is 1. The molecule has 2 amide bonds. The minimum atomic E-state index is -0.362. The molecule has 1 aromatic carbocycles. The predicted octanol–water partition coefficient (Wildman–Crippen LogP) is 2.14. The van der Waals surface area contributed by atoms with E-state index in [0.717, 1.165) is 24.2 Å². The summed E-state index contributed by atoms with van der Waals surface area (Å²) >= 11 is 0. The summed E-state index contributed by atoms with van der Waals surface area (Å²) < 4.78 is 0. The van der Waals surface area contributed by atoms with Crippen molar-refractivity contribution >= 4 is 23.2 Å². The highest BCUT2D eigenvalue weighted by molar-refractivity contribution is 5.94. The molecule has 21 heavy (non-hydrogen) atoms. The Bertz CT molecular complexity index is 538. The Morgan fingerprint density at radius 2 is 2.10 bits per heavy atom. The van der Waals surface area contributed by atoms with Gasteiger partial charge < -0.3 is 16.0 Å². The summed E-state index contributed by atoms with van der Waals surface area (Å²) in [4.78, 5) is 23.5. The lowest BCUT2D eigenvalue weighted by atomic mass is 10.2. The summed E-state index contributed by atoms with van der Waals surface area (Å²) in [5, 5.41) is 8.73. The number of hydrogen-bond acceptors (Lipinski definition) is 3. The molecular formula is C16H21N3O2. The minimum Gasteiger partial charge on any atom is -0.374 e. The topological polar surface area (TPSA) is 70.2 Å². The van der Waals surface area contributed by atoms with Crippen molar-refractivity contribution in [2.45, 2.75) is 25.8 Å². The number of carbonyl (C=O) groups excluding carboxylic acids is 2. The second-order valence-electron chi connectivity index (χ2n) is 5.24. The summed E-state index contributed by atoms with van der Waals surface area (Å²) in [7, 11) is 0. The van der Waals surface area contributed by atoms with E-state index in [9.17, 15) is 9.59 Å². The van der Waals surface area contributed by atoms with E-state index in [2.05, 4.69) is 22.5 Å². The van der Waals surface area contributed by atoms with Crippen molar-refractivity contribution in [2.24, 2.45) is 5.92 Å². The number of hydrogen-bond donors (Lipinski definition) is 3. The fraction of sp³-hybridized carbons (Fsp3) is 0.375. The van der Waals surface area contributed by atoms with Crippen molar-refractivity contribution in [3.63, 3.8) is 0 Å². The van der Waals surface area contributed by atoms with Gasteiger partial charge in [0.1, 0.15) is 6.04 Å². The molecule has 0 aromatic heterocycles. The van der Waals surface area contributed by atoms with E-state index >= 15 is 0 Å². The zero-order valence-corrected chi connectivity index (χ0v) is 12.2. The molecule has 1 aromatic rings. The van der Waals surface area contributed by atoms with Crippen LogP contribution in [-0.2, 0) is 9.59 Å². The molecule has 1 fully saturated rings. The van der Waals surface area contributed by atoms with Gasteiger partial charge in [-0.05, 0) is 38.0 Å². The van der Waals surface area contributed by atoms with Crippen LogP contribution in [-0.4, -0.2) is 24.4 Å². The summed E-state index contributed by atoms with van der Waals surface area (Å²) in [6.07, 6.45) is 3.59. The summed E-state index contributed by atoms with van der Waals surface area (Å²) in [6, 6.07) is 7.02. The van der Waals surface area contributed by atoms with Gasteiger partial charge in [0.05, 0.1) is 0 Å². The van der Waals surface area contributed by atoms with Gasteiger partial charge >= 0.3 is 0 Å². The fourth-order valence-corrected chi connectivity index (χ4v) is 1.92. The van der Waals surface area contributed by atoms with Crippen LogP contribution in [0.1, 0.15) is 19.8 Å². The monoisotopic (exact) mass is 287 g/mol. The standard InChI is InChI=1S/C16H21N3O2/c1-3-9-17-15(20)11(2)18-13-5-4-6-14(10-13)19-16(21)12-7-8-12/h3-6,10-12,18H,1,7-9H2,2H3,(H,17,20)(H,19,21)/t11-/m1/s1. The Labute approximate surface area is 124 Å². The maximum absolute atomic E-state index is 11.8. The van der Waals surface area contributed by atoms with Gasteiger partial charge in [-0.2, -0.15) is 0 Å². The van der Waals surface area contributed by atoms with Crippen LogP contribution in [0.4, 0.5) is 11.4 Å². The first kappa shape index (κ1) is 15.1. The Kier molecular flexibility index (Phi) is 4.98. The van der Waals surface area contributed by atoms with E-state index in [1.807, 2.05) is 24.3 Å². The highest BCUT2D eigenvalue weighted by Gasteiger charge is 2.29. The molecule has 1 aliphatic rings. The zero-order valence-electron chi connectivity index (χ0n) is 12.2. The third-order valence-corrected chi connectivity index (χ3v) is 3.28. The molecule has 112 valence electrons. The molecule has 1 saturated carbocycles. The predicted molar refractivity (Wildman–Crippen MR) is 84.1 cm³/mol.